The van der Waals surface area contributed by atoms with E-state index in [0.717, 1.165) is 25.8 Å². The summed E-state index contributed by atoms with van der Waals surface area (Å²) in [5.74, 6) is 1.74. The number of nitrogens with zero attached hydrogens (tertiary/aromatic N) is 4. The van der Waals surface area contributed by atoms with Gasteiger partial charge >= 0.3 is 0 Å². The second kappa shape index (κ2) is 7.14. The Bertz CT molecular complexity index is 493. The molecule has 2 aromatic heterocycles. The fourth-order valence-electron chi connectivity index (χ4n) is 2.12. The van der Waals surface area contributed by atoms with E-state index in [1.165, 1.54) is 0 Å². The van der Waals surface area contributed by atoms with Gasteiger partial charge in [-0.2, -0.15) is 20.4 Å². The van der Waals surface area contributed by atoms with E-state index in [0.29, 0.717) is 29.4 Å². The molecule has 2 heterocycles. The minimum absolute atomic E-state index is 0.362. The Morgan fingerprint density at radius 2 is 2.25 bits per heavy atom. The molecule has 0 aliphatic carbocycles. The van der Waals surface area contributed by atoms with Gasteiger partial charge in [0, 0.05) is 12.5 Å². The molecule has 0 radical (unpaired) electrons. The maximum atomic E-state index is 5.30. The molecule has 0 aromatic carbocycles. The van der Waals surface area contributed by atoms with Gasteiger partial charge in [0.2, 0.25) is 11.7 Å². The van der Waals surface area contributed by atoms with E-state index in [-0.39, 0.29) is 0 Å². The number of aromatic nitrogens is 5. The Balaban J connectivity index is 1.99. The standard InChI is InChI=1S/C13H22N6O/c1-4-5-14-10(6-9(2)3)7-12-16-13(18-20-12)11-8-15-19-17-11/h8-10,14H,4-7H2,1-3H3,(H,15,17,19). The maximum absolute atomic E-state index is 5.30. The Morgan fingerprint density at radius 3 is 2.90 bits per heavy atom. The van der Waals surface area contributed by atoms with Gasteiger partial charge in [0.25, 0.3) is 0 Å². The van der Waals surface area contributed by atoms with Crippen LogP contribution < -0.4 is 5.32 Å². The van der Waals surface area contributed by atoms with Crippen molar-refractivity contribution in [3.63, 3.8) is 0 Å². The van der Waals surface area contributed by atoms with Crippen LogP contribution in [-0.2, 0) is 6.42 Å². The monoisotopic (exact) mass is 278 g/mol. The van der Waals surface area contributed by atoms with E-state index in [4.69, 9.17) is 4.52 Å². The van der Waals surface area contributed by atoms with E-state index >= 15 is 0 Å². The second-order valence-corrected chi connectivity index (χ2v) is 5.35. The average molecular weight is 278 g/mol. The van der Waals surface area contributed by atoms with Crippen LogP contribution >= 0.6 is 0 Å². The Morgan fingerprint density at radius 1 is 1.40 bits per heavy atom. The third-order valence-electron chi connectivity index (χ3n) is 2.97. The summed E-state index contributed by atoms with van der Waals surface area (Å²) in [5, 5.41) is 17.7. The number of aromatic amines is 1. The van der Waals surface area contributed by atoms with Crippen LogP contribution in [0.5, 0.6) is 0 Å². The van der Waals surface area contributed by atoms with Gasteiger partial charge in [-0.1, -0.05) is 25.9 Å². The van der Waals surface area contributed by atoms with Gasteiger partial charge < -0.3 is 9.84 Å². The van der Waals surface area contributed by atoms with Crippen molar-refractivity contribution in [3.05, 3.63) is 12.1 Å². The third kappa shape index (κ3) is 4.12. The quantitative estimate of drug-likeness (QED) is 0.765. The first-order chi connectivity index (χ1) is 9.69. The zero-order valence-electron chi connectivity index (χ0n) is 12.3. The summed E-state index contributed by atoms with van der Waals surface area (Å²) >= 11 is 0. The molecule has 2 rings (SSSR count). The van der Waals surface area contributed by atoms with Crippen molar-refractivity contribution in [2.75, 3.05) is 6.54 Å². The number of hydrogen-bond acceptors (Lipinski definition) is 6. The number of hydrogen-bond donors (Lipinski definition) is 2. The molecular weight excluding hydrogens is 256 g/mol. The highest BCUT2D eigenvalue weighted by atomic mass is 16.5. The first-order valence-electron chi connectivity index (χ1n) is 7.11. The van der Waals surface area contributed by atoms with Gasteiger partial charge in [-0.05, 0) is 25.3 Å². The van der Waals surface area contributed by atoms with E-state index in [1.54, 1.807) is 6.20 Å². The predicted octanol–water partition coefficient (Wildman–Crippen LogP) is 1.81. The van der Waals surface area contributed by atoms with Crippen LogP contribution in [-0.4, -0.2) is 38.1 Å². The molecule has 110 valence electrons. The molecule has 0 spiro atoms. The summed E-state index contributed by atoms with van der Waals surface area (Å²) in [6.07, 6.45) is 4.52. The first-order valence-corrected chi connectivity index (χ1v) is 7.11. The summed E-state index contributed by atoms with van der Waals surface area (Å²) in [6, 6.07) is 0.362. The van der Waals surface area contributed by atoms with Crippen LogP contribution in [0.1, 0.15) is 39.5 Å². The first kappa shape index (κ1) is 14.6. The molecule has 0 aliphatic heterocycles. The number of rotatable bonds is 8. The normalized spacial score (nSPS) is 13.0. The van der Waals surface area contributed by atoms with Gasteiger partial charge in [0.05, 0.1) is 6.20 Å². The fourth-order valence-corrected chi connectivity index (χ4v) is 2.12. The van der Waals surface area contributed by atoms with E-state index < -0.39 is 0 Å². The van der Waals surface area contributed by atoms with Crippen molar-refractivity contribution in [1.29, 1.82) is 0 Å². The van der Waals surface area contributed by atoms with Crippen molar-refractivity contribution in [1.82, 2.24) is 30.9 Å². The van der Waals surface area contributed by atoms with Crippen molar-refractivity contribution in [2.45, 2.75) is 46.1 Å². The molecule has 0 aliphatic rings. The third-order valence-corrected chi connectivity index (χ3v) is 2.97. The molecule has 0 saturated heterocycles. The smallest absolute Gasteiger partial charge is 0.228 e. The van der Waals surface area contributed by atoms with Gasteiger partial charge in [-0.3, -0.25) is 0 Å². The van der Waals surface area contributed by atoms with Gasteiger partial charge in [0.15, 0.2) is 5.69 Å². The lowest BCUT2D eigenvalue weighted by atomic mass is 10.0. The molecule has 0 amide bonds. The Labute approximate surface area is 118 Å². The number of H-pyrrole nitrogens is 1. The molecule has 7 heteroatoms. The molecule has 7 nitrogen and oxygen atoms in total. The summed E-state index contributed by atoms with van der Waals surface area (Å²) in [7, 11) is 0. The number of nitrogens with one attached hydrogen (secondary N) is 2. The SMILES string of the molecule is CCCNC(Cc1nc(-c2cn[nH]n2)no1)CC(C)C. The highest BCUT2D eigenvalue weighted by Crippen LogP contribution is 2.14. The van der Waals surface area contributed by atoms with Crippen LogP contribution in [0.2, 0.25) is 0 Å². The lowest BCUT2D eigenvalue weighted by Crippen LogP contribution is -2.33. The molecular formula is C13H22N6O. The van der Waals surface area contributed by atoms with Crippen LogP contribution in [0.15, 0.2) is 10.7 Å². The average Bonchev–Trinajstić information content (AvgIpc) is 3.05. The Kier molecular flexibility index (Phi) is 5.23. The van der Waals surface area contributed by atoms with Crippen LogP contribution in [0.3, 0.4) is 0 Å². The molecule has 1 atom stereocenters. The molecule has 0 fully saturated rings. The summed E-state index contributed by atoms with van der Waals surface area (Å²) in [4.78, 5) is 4.37. The van der Waals surface area contributed by atoms with Gasteiger partial charge in [0.1, 0.15) is 0 Å². The lowest BCUT2D eigenvalue weighted by Gasteiger charge is -2.18. The zero-order chi connectivity index (χ0) is 14.4. The Hall–Kier alpha value is -1.76. The van der Waals surface area contributed by atoms with Crippen molar-refractivity contribution in [3.8, 4) is 11.5 Å². The highest BCUT2D eigenvalue weighted by molar-refractivity contribution is 5.44. The highest BCUT2D eigenvalue weighted by Gasteiger charge is 2.17. The lowest BCUT2D eigenvalue weighted by molar-refractivity contribution is 0.338. The molecule has 0 saturated carbocycles. The molecule has 0 bridgehead atoms. The largest absolute Gasteiger partial charge is 0.339 e. The molecule has 1 unspecified atom stereocenters. The van der Waals surface area contributed by atoms with Gasteiger partial charge in [-0.15, -0.1) is 0 Å². The van der Waals surface area contributed by atoms with E-state index in [2.05, 4.69) is 51.6 Å². The fraction of sp³-hybridized carbons (Fsp3) is 0.692. The topological polar surface area (TPSA) is 92.5 Å². The van der Waals surface area contributed by atoms with Gasteiger partial charge in [-0.25, -0.2) is 0 Å². The van der Waals surface area contributed by atoms with Crippen LogP contribution in [0, 0.1) is 5.92 Å². The summed E-state index contributed by atoms with van der Waals surface area (Å²) in [6.45, 7) is 7.60. The minimum Gasteiger partial charge on any atom is -0.339 e. The van der Waals surface area contributed by atoms with Crippen molar-refractivity contribution in [2.24, 2.45) is 5.92 Å². The summed E-state index contributed by atoms with van der Waals surface area (Å²) in [5.41, 5.74) is 0.599. The predicted molar refractivity (Wildman–Crippen MR) is 74.9 cm³/mol. The summed E-state index contributed by atoms with van der Waals surface area (Å²) < 4.78 is 5.30. The minimum atomic E-state index is 0.362. The van der Waals surface area contributed by atoms with Crippen LogP contribution in [0.4, 0.5) is 0 Å². The second-order valence-electron chi connectivity index (χ2n) is 5.35. The molecule has 2 aromatic rings. The van der Waals surface area contributed by atoms with Crippen LogP contribution in [0.25, 0.3) is 11.5 Å². The maximum Gasteiger partial charge on any atom is 0.228 e. The zero-order valence-corrected chi connectivity index (χ0v) is 12.3. The van der Waals surface area contributed by atoms with Crippen molar-refractivity contribution >= 4 is 0 Å². The van der Waals surface area contributed by atoms with E-state index in [1.807, 2.05) is 0 Å². The molecule has 2 N–H and O–H groups in total. The van der Waals surface area contributed by atoms with E-state index in [9.17, 15) is 0 Å². The van der Waals surface area contributed by atoms with Crippen molar-refractivity contribution < 1.29 is 4.52 Å². The molecule has 20 heavy (non-hydrogen) atoms.